The maximum absolute atomic E-state index is 6.38. The van der Waals surface area contributed by atoms with Crippen molar-refractivity contribution < 1.29 is 13.7 Å². The zero-order valence-electron chi connectivity index (χ0n) is 19.8. The van der Waals surface area contributed by atoms with Crippen molar-refractivity contribution in [2.45, 2.75) is 38.9 Å². The van der Waals surface area contributed by atoms with Crippen molar-refractivity contribution in [2.75, 3.05) is 0 Å². The predicted molar refractivity (Wildman–Crippen MR) is 138 cm³/mol. The predicted octanol–water partition coefficient (Wildman–Crippen LogP) is 6.61. The van der Waals surface area contributed by atoms with Gasteiger partial charge in [0.05, 0.1) is 16.9 Å². The van der Waals surface area contributed by atoms with E-state index in [-0.39, 0.29) is 0 Å². The van der Waals surface area contributed by atoms with E-state index in [9.17, 15) is 0 Å². The summed E-state index contributed by atoms with van der Waals surface area (Å²) in [5.41, 5.74) is 6.23. The first-order valence-corrected chi connectivity index (χ1v) is 11.7. The number of hydrogen-bond acceptors (Lipinski definition) is 4. The quantitative estimate of drug-likeness (QED) is 0.292. The van der Waals surface area contributed by atoms with Crippen LogP contribution < -0.4 is 5.46 Å². The summed E-state index contributed by atoms with van der Waals surface area (Å²) < 4.78 is 19.0. The van der Waals surface area contributed by atoms with Gasteiger partial charge in [-0.3, -0.25) is 4.98 Å². The second kappa shape index (κ2) is 7.56. The Morgan fingerprint density at radius 3 is 2.09 bits per heavy atom. The fourth-order valence-electron chi connectivity index (χ4n) is 4.57. The summed E-state index contributed by atoms with van der Waals surface area (Å²) in [7, 11) is -0.448. The number of furan rings is 1. The van der Waals surface area contributed by atoms with Gasteiger partial charge in [-0.1, -0.05) is 48.5 Å². The highest BCUT2D eigenvalue weighted by atomic mass is 16.7. The Morgan fingerprint density at radius 1 is 0.676 bits per heavy atom. The SMILES string of the molecule is CC1(C)OB(c2cccc3oc4ccc(-c5ccc(-c6ccccn6)cc5)cc4c23)OC1(C)C. The zero-order valence-corrected chi connectivity index (χ0v) is 19.8. The third kappa shape index (κ3) is 3.35. The van der Waals surface area contributed by atoms with Gasteiger partial charge in [0, 0.05) is 22.5 Å². The Bertz CT molecular complexity index is 1490. The average Bonchev–Trinajstić information content (AvgIpc) is 3.32. The van der Waals surface area contributed by atoms with Gasteiger partial charge in [0.25, 0.3) is 0 Å². The summed E-state index contributed by atoms with van der Waals surface area (Å²) in [6.45, 7) is 8.31. The Hall–Kier alpha value is -3.41. The van der Waals surface area contributed by atoms with Crippen molar-refractivity contribution in [1.29, 1.82) is 0 Å². The van der Waals surface area contributed by atoms with Crippen LogP contribution in [-0.2, 0) is 9.31 Å². The first kappa shape index (κ1) is 21.1. The van der Waals surface area contributed by atoms with Gasteiger partial charge in [0.15, 0.2) is 0 Å². The maximum atomic E-state index is 6.38. The van der Waals surface area contributed by atoms with Crippen LogP contribution in [0.1, 0.15) is 27.7 Å². The van der Waals surface area contributed by atoms with E-state index in [1.54, 1.807) is 0 Å². The van der Waals surface area contributed by atoms with E-state index in [2.05, 4.69) is 75.1 Å². The van der Waals surface area contributed by atoms with Crippen LogP contribution in [0.15, 0.2) is 89.5 Å². The monoisotopic (exact) mass is 447 g/mol. The van der Waals surface area contributed by atoms with Crippen molar-refractivity contribution in [3.8, 4) is 22.4 Å². The van der Waals surface area contributed by atoms with E-state index in [1.165, 1.54) is 0 Å². The molecular formula is C29H26BNO3. The molecule has 6 rings (SSSR count). The zero-order chi connectivity index (χ0) is 23.5. The molecule has 0 amide bonds. The van der Waals surface area contributed by atoms with Crippen LogP contribution in [0.5, 0.6) is 0 Å². The molecule has 1 saturated heterocycles. The number of benzene rings is 3. The van der Waals surface area contributed by atoms with E-state index >= 15 is 0 Å². The maximum Gasteiger partial charge on any atom is 0.495 e. The summed E-state index contributed by atoms with van der Waals surface area (Å²) in [5, 5.41) is 2.11. The van der Waals surface area contributed by atoms with E-state index < -0.39 is 18.3 Å². The van der Waals surface area contributed by atoms with Crippen molar-refractivity contribution in [1.82, 2.24) is 4.98 Å². The molecule has 2 aromatic heterocycles. The second-order valence-electron chi connectivity index (χ2n) is 9.91. The summed E-state index contributed by atoms with van der Waals surface area (Å²) >= 11 is 0. The highest BCUT2D eigenvalue weighted by molar-refractivity contribution is 6.66. The number of rotatable bonds is 3. The lowest BCUT2D eigenvalue weighted by molar-refractivity contribution is 0.00578. The number of fused-ring (bicyclic) bond motifs is 3. The molecule has 34 heavy (non-hydrogen) atoms. The van der Waals surface area contributed by atoms with Crippen LogP contribution >= 0.6 is 0 Å². The Morgan fingerprint density at radius 2 is 1.38 bits per heavy atom. The molecule has 0 bridgehead atoms. The molecule has 3 aromatic carbocycles. The van der Waals surface area contributed by atoms with E-state index in [0.29, 0.717) is 0 Å². The number of aromatic nitrogens is 1. The van der Waals surface area contributed by atoms with Gasteiger partial charge in [-0.25, -0.2) is 0 Å². The standard InChI is InChI=1S/C29H26BNO3/c1-28(2)29(3,4)34-30(33-28)23-8-7-10-26-27(23)22-18-21(15-16-25(22)32-26)19-11-13-20(14-12-19)24-9-5-6-17-31-24/h5-18H,1-4H3. The van der Waals surface area contributed by atoms with Crippen LogP contribution in [0.25, 0.3) is 44.3 Å². The van der Waals surface area contributed by atoms with Gasteiger partial charge in [0.2, 0.25) is 0 Å². The first-order valence-electron chi connectivity index (χ1n) is 11.7. The number of hydrogen-bond donors (Lipinski definition) is 0. The lowest BCUT2D eigenvalue weighted by Crippen LogP contribution is -2.41. The lowest BCUT2D eigenvalue weighted by atomic mass is 9.76. The third-order valence-corrected chi connectivity index (χ3v) is 7.21. The van der Waals surface area contributed by atoms with Gasteiger partial charge in [-0.15, -0.1) is 0 Å². The Labute approximate surface area is 199 Å². The van der Waals surface area contributed by atoms with Crippen molar-refractivity contribution in [2.24, 2.45) is 0 Å². The van der Waals surface area contributed by atoms with E-state index in [4.69, 9.17) is 13.7 Å². The fraction of sp³-hybridized carbons (Fsp3) is 0.207. The molecule has 0 saturated carbocycles. The normalized spacial score (nSPS) is 17.0. The van der Waals surface area contributed by atoms with Crippen LogP contribution in [0.4, 0.5) is 0 Å². The molecule has 0 spiro atoms. The Kier molecular flexibility index (Phi) is 4.70. The molecule has 1 aliphatic heterocycles. The van der Waals surface area contributed by atoms with Crippen LogP contribution in [0.2, 0.25) is 0 Å². The molecule has 1 aliphatic rings. The number of nitrogens with zero attached hydrogens (tertiary/aromatic N) is 1. The van der Waals surface area contributed by atoms with Crippen molar-refractivity contribution >= 4 is 34.5 Å². The van der Waals surface area contributed by atoms with Crippen LogP contribution in [-0.4, -0.2) is 23.3 Å². The molecule has 0 aliphatic carbocycles. The summed E-state index contributed by atoms with van der Waals surface area (Å²) in [6, 6.07) is 26.9. The smallest absolute Gasteiger partial charge is 0.456 e. The minimum atomic E-state index is -0.448. The molecule has 168 valence electrons. The summed E-state index contributed by atoms with van der Waals surface area (Å²) in [6.07, 6.45) is 1.82. The first-order chi connectivity index (χ1) is 16.3. The van der Waals surface area contributed by atoms with E-state index in [1.807, 2.05) is 42.6 Å². The average molecular weight is 447 g/mol. The molecular weight excluding hydrogens is 421 g/mol. The molecule has 5 heteroatoms. The van der Waals surface area contributed by atoms with Crippen molar-refractivity contribution in [3.05, 3.63) is 85.1 Å². The Balaban J connectivity index is 1.44. The number of pyridine rings is 1. The molecule has 1 fully saturated rings. The molecule has 5 aromatic rings. The van der Waals surface area contributed by atoms with Crippen molar-refractivity contribution in [3.63, 3.8) is 0 Å². The van der Waals surface area contributed by atoms with Crippen LogP contribution in [0.3, 0.4) is 0 Å². The third-order valence-electron chi connectivity index (χ3n) is 7.21. The van der Waals surface area contributed by atoms with Gasteiger partial charge >= 0.3 is 7.12 Å². The van der Waals surface area contributed by atoms with Gasteiger partial charge in [-0.2, -0.15) is 0 Å². The summed E-state index contributed by atoms with van der Waals surface area (Å²) in [4.78, 5) is 4.45. The fourth-order valence-corrected chi connectivity index (χ4v) is 4.57. The molecule has 0 radical (unpaired) electrons. The molecule has 3 heterocycles. The molecule has 0 unspecified atom stereocenters. The van der Waals surface area contributed by atoms with E-state index in [0.717, 1.165) is 49.8 Å². The largest absolute Gasteiger partial charge is 0.495 e. The van der Waals surface area contributed by atoms with Gasteiger partial charge < -0.3 is 13.7 Å². The minimum Gasteiger partial charge on any atom is -0.456 e. The van der Waals surface area contributed by atoms with Gasteiger partial charge in [-0.05, 0) is 74.6 Å². The van der Waals surface area contributed by atoms with Crippen LogP contribution in [0, 0.1) is 0 Å². The highest BCUT2D eigenvalue weighted by Gasteiger charge is 2.52. The second-order valence-corrected chi connectivity index (χ2v) is 9.91. The minimum absolute atomic E-state index is 0.403. The molecule has 0 N–H and O–H groups in total. The summed E-state index contributed by atoms with van der Waals surface area (Å²) in [5.74, 6) is 0. The highest BCUT2D eigenvalue weighted by Crippen LogP contribution is 2.38. The molecule has 0 atom stereocenters. The molecule has 4 nitrogen and oxygen atoms in total. The lowest BCUT2D eigenvalue weighted by Gasteiger charge is -2.32. The van der Waals surface area contributed by atoms with Gasteiger partial charge in [0.1, 0.15) is 11.2 Å². The topological polar surface area (TPSA) is 44.5 Å².